The van der Waals surface area contributed by atoms with Crippen LogP contribution in [0.15, 0.2) is 0 Å². The average molecular weight is 234 g/mol. The first kappa shape index (κ1) is 13.4. The van der Waals surface area contributed by atoms with Crippen molar-refractivity contribution in [3.05, 3.63) is 0 Å². The number of methoxy groups -OCH3 is 4. The monoisotopic (exact) mass is 234 g/mol. The second-order valence-corrected chi connectivity index (χ2v) is 3.49. The molecule has 0 bridgehead atoms. The highest BCUT2D eigenvalue weighted by atomic mass is 16.6. The van der Waals surface area contributed by atoms with Crippen LogP contribution in [0, 0.1) is 0 Å². The Morgan fingerprint density at radius 3 is 2.12 bits per heavy atom. The molecule has 0 aromatic carbocycles. The summed E-state index contributed by atoms with van der Waals surface area (Å²) in [5, 5.41) is 0. The van der Waals surface area contributed by atoms with Crippen LogP contribution in [0.25, 0.3) is 0 Å². The minimum absolute atomic E-state index is 0.264. The highest BCUT2D eigenvalue weighted by Gasteiger charge is 2.47. The summed E-state index contributed by atoms with van der Waals surface area (Å²) in [5.74, 6) is -0.454. The van der Waals surface area contributed by atoms with Crippen LogP contribution in [0.4, 0.5) is 0 Å². The smallest absolute Gasteiger partial charge is 0.338 e. The van der Waals surface area contributed by atoms with Crippen molar-refractivity contribution in [1.82, 2.24) is 0 Å². The Bertz CT molecular complexity index is 231. The summed E-state index contributed by atoms with van der Waals surface area (Å²) in [4.78, 5) is 11.6. The van der Waals surface area contributed by atoms with Crippen LogP contribution in [0.3, 0.4) is 0 Å². The quantitative estimate of drug-likeness (QED) is 0.603. The van der Waals surface area contributed by atoms with Crippen LogP contribution in [-0.4, -0.2) is 65.4 Å². The van der Waals surface area contributed by atoms with Gasteiger partial charge >= 0.3 is 5.97 Å². The van der Waals surface area contributed by atoms with E-state index in [0.717, 1.165) is 0 Å². The Morgan fingerprint density at radius 1 is 1.06 bits per heavy atom. The molecule has 0 aliphatic carbocycles. The van der Waals surface area contributed by atoms with Gasteiger partial charge in [-0.25, -0.2) is 4.79 Å². The summed E-state index contributed by atoms with van der Waals surface area (Å²) in [7, 11) is 6.00. The fourth-order valence-corrected chi connectivity index (χ4v) is 1.87. The first-order valence-corrected chi connectivity index (χ1v) is 4.97. The van der Waals surface area contributed by atoms with Crippen LogP contribution in [0.5, 0.6) is 0 Å². The van der Waals surface area contributed by atoms with Gasteiger partial charge in [0.1, 0.15) is 12.2 Å². The summed E-state index contributed by atoms with van der Waals surface area (Å²) in [6.07, 6.45) is -2.12. The van der Waals surface area contributed by atoms with E-state index in [1.54, 1.807) is 0 Å². The van der Waals surface area contributed by atoms with Gasteiger partial charge in [0.15, 0.2) is 12.2 Å². The fraction of sp³-hybridized carbons (Fsp3) is 0.900. The maximum Gasteiger partial charge on any atom is 0.338 e. The predicted octanol–water partition coefficient (Wildman–Crippen LogP) is -0.397. The van der Waals surface area contributed by atoms with Gasteiger partial charge in [0.05, 0.1) is 6.61 Å². The van der Waals surface area contributed by atoms with Crippen LogP contribution in [0.2, 0.25) is 0 Å². The van der Waals surface area contributed by atoms with E-state index in [9.17, 15) is 4.79 Å². The molecule has 1 saturated heterocycles. The molecule has 0 aromatic heterocycles. The van der Waals surface area contributed by atoms with Gasteiger partial charge in [-0.1, -0.05) is 0 Å². The summed E-state index contributed by atoms with van der Waals surface area (Å²) >= 11 is 0. The molecule has 0 spiro atoms. The van der Waals surface area contributed by atoms with E-state index in [-0.39, 0.29) is 6.61 Å². The van der Waals surface area contributed by atoms with Crippen molar-refractivity contribution in [3.63, 3.8) is 0 Å². The Morgan fingerprint density at radius 2 is 1.69 bits per heavy atom. The van der Waals surface area contributed by atoms with Gasteiger partial charge in [-0.15, -0.1) is 0 Å². The number of carbonyl (C=O) groups is 1. The third-order valence-electron chi connectivity index (χ3n) is 2.62. The van der Waals surface area contributed by atoms with Crippen molar-refractivity contribution < 1.29 is 28.5 Å². The molecular formula is C10H18O6. The van der Waals surface area contributed by atoms with Gasteiger partial charge < -0.3 is 23.7 Å². The number of hydrogen-bond acceptors (Lipinski definition) is 6. The number of esters is 1. The Kier molecular flexibility index (Phi) is 5.14. The highest BCUT2D eigenvalue weighted by Crippen LogP contribution is 2.23. The molecule has 94 valence electrons. The number of cyclic esters (lactones) is 1. The molecule has 0 amide bonds. The summed E-state index contributed by atoms with van der Waals surface area (Å²) in [6, 6.07) is 0. The van der Waals surface area contributed by atoms with Crippen LogP contribution in [0.1, 0.15) is 0 Å². The van der Waals surface area contributed by atoms with Crippen LogP contribution >= 0.6 is 0 Å². The summed E-state index contributed by atoms with van der Waals surface area (Å²) in [6.45, 7) is 0.264. The second-order valence-electron chi connectivity index (χ2n) is 3.49. The number of carbonyl (C=O) groups excluding carboxylic acids is 1. The van der Waals surface area contributed by atoms with Gasteiger partial charge in [0.2, 0.25) is 0 Å². The lowest BCUT2D eigenvalue weighted by Gasteiger charge is -2.39. The van der Waals surface area contributed by atoms with Gasteiger partial charge in [-0.3, -0.25) is 0 Å². The molecular weight excluding hydrogens is 216 g/mol. The Balaban J connectivity index is 2.83. The van der Waals surface area contributed by atoms with E-state index in [0.29, 0.717) is 0 Å². The van der Waals surface area contributed by atoms with E-state index >= 15 is 0 Å². The third kappa shape index (κ3) is 2.52. The molecule has 0 unspecified atom stereocenters. The Labute approximate surface area is 94.7 Å². The largest absolute Gasteiger partial charge is 0.455 e. The normalized spacial score (nSPS) is 34.9. The van der Waals surface area contributed by atoms with Gasteiger partial charge in [-0.05, 0) is 0 Å². The molecule has 0 radical (unpaired) electrons. The van der Waals surface area contributed by atoms with Crippen molar-refractivity contribution >= 4 is 5.97 Å². The lowest BCUT2D eigenvalue weighted by atomic mass is 9.99. The highest BCUT2D eigenvalue weighted by molar-refractivity contribution is 5.76. The first-order chi connectivity index (χ1) is 7.69. The molecule has 1 aliphatic heterocycles. The molecule has 0 N–H and O–H groups in total. The van der Waals surface area contributed by atoms with Gasteiger partial charge in [0.25, 0.3) is 0 Å². The second kappa shape index (κ2) is 6.15. The van der Waals surface area contributed by atoms with E-state index in [2.05, 4.69) is 0 Å². The molecule has 0 saturated carbocycles. The first-order valence-electron chi connectivity index (χ1n) is 4.97. The predicted molar refractivity (Wildman–Crippen MR) is 54.1 cm³/mol. The number of ether oxygens (including phenoxy) is 5. The van der Waals surface area contributed by atoms with Crippen LogP contribution in [-0.2, 0) is 28.5 Å². The zero-order valence-corrected chi connectivity index (χ0v) is 9.97. The summed E-state index contributed by atoms with van der Waals surface area (Å²) < 4.78 is 25.7. The topological polar surface area (TPSA) is 63.2 Å². The van der Waals surface area contributed by atoms with Gasteiger partial charge in [-0.2, -0.15) is 0 Å². The fourth-order valence-electron chi connectivity index (χ4n) is 1.87. The van der Waals surface area contributed by atoms with E-state index in [4.69, 9.17) is 23.7 Å². The number of hydrogen-bond donors (Lipinski definition) is 0. The van der Waals surface area contributed by atoms with E-state index < -0.39 is 30.4 Å². The SMILES string of the molecule is COC[C@H]1OC(=O)[C@H](OC)[C@@H](OC)[C@@H]1OC. The minimum atomic E-state index is -0.761. The van der Waals surface area contributed by atoms with Crippen molar-refractivity contribution in [1.29, 1.82) is 0 Å². The number of rotatable bonds is 5. The maximum atomic E-state index is 11.6. The lowest BCUT2D eigenvalue weighted by molar-refractivity contribution is -0.220. The average Bonchev–Trinajstić information content (AvgIpc) is 2.28. The molecule has 0 aromatic rings. The molecule has 1 heterocycles. The molecule has 1 aliphatic rings. The molecule has 1 rings (SSSR count). The third-order valence-corrected chi connectivity index (χ3v) is 2.62. The molecule has 16 heavy (non-hydrogen) atoms. The van der Waals surface area contributed by atoms with Crippen molar-refractivity contribution in [3.8, 4) is 0 Å². The van der Waals surface area contributed by atoms with Crippen molar-refractivity contribution in [2.45, 2.75) is 24.4 Å². The van der Waals surface area contributed by atoms with Crippen molar-refractivity contribution in [2.75, 3.05) is 35.0 Å². The van der Waals surface area contributed by atoms with E-state index in [1.807, 2.05) is 0 Å². The Hall–Kier alpha value is -0.690. The summed E-state index contributed by atoms with van der Waals surface area (Å²) in [5.41, 5.74) is 0. The zero-order valence-electron chi connectivity index (χ0n) is 9.97. The molecule has 1 fully saturated rings. The maximum absolute atomic E-state index is 11.6. The molecule has 6 heteroatoms. The zero-order chi connectivity index (χ0) is 12.1. The molecule has 6 nitrogen and oxygen atoms in total. The van der Waals surface area contributed by atoms with Gasteiger partial charge in [0, 0.05) is 28.4 Å². The van der Waals surface area contributed by atoms with Crippen LogP contribution < -0.4 is 0 Å². The van der Waals surface area contributed by atoms with Crippen molar-refractivity contribution in [2.24, 2.45) is 0 Å². The lowest BCUT2D eigenvalue weighted by Crippen LogP contribution is -2.58. The minimum Gasteiger partial charge on any atom is -0.455 e. The standard InChI is InChI=1S/C10H18O6/c1-12-5-6-7(13-2)8(14-3)9(15-4)10(11)16-6/h6-9H,5H2,1-4H3/t6-,7-,8+,9-/m1/s1. The molecule has 4 atom stereocenters. The van der Waals surface area contributed by atoms with E-state index in [1.165, 1.54) is 28.4 Å².